The molecule has 0 bridgehead atoms. The summed E-state index contributed by atoms with van der Waals surface area (Å²) in [5, 5.41) is 14.0. The van der Waals surface area contributed by atoms with Crippen LogP contribution in [0.5, 0.6) is 5.75 Å². The monoisotopic (exact) mass is 353 g/mol. The molecule has 0 radical (unpaired) electrons. The van der Waals surface area contributed by atoms with Gasteiger partial charge in [0.05, 0.1) is 0 Å². The van der Waals surface area contributed by atoms with Crippen LogP contribution >= 0.6 is 11.6 Å². The van der Waals surface area contributed by atoms with Crippen molar-refractivity contribution in [3.05, 3.63) is 69.9 Å². The number of ketones is 1. The normalized spacial score (nSPS) is 21.4. The lowest BCUT2D eigenvalue weighted by atomic mass is 9.69. The van der Waals surface area contributed by atoms with Gasteiger partial charge < -0.3 is 10.4 Å². The standard InChI is InChI=1S/C21H20ClNO2/c1-21(2)10-17-20(18(25)11-21)19(12-3-5-13(22)6-4-12)15-8-7-14(24)9-16(15)23-17/h3-9,19,23-24H,10-11H2,1-2H3/t19-/m1/s1. The molecule has 25 heavy (non-hydrogen) atoms. The van der Waals surface area contributed by atoms with Gasteiger partial charge in [0.1, 0.15) is 5.75 Å². The molecule has 2 N–H and O–H groups in total. The second-order valence-electron chi connectivity index (χ2n) is 7.71. The molecule has 4 heteroatoms. The van der Waals surface area contributed by atoms with Gasteiger partial charge in [-0.25, -0.2) is 0 Å². The predicted molar refractivity (Wildman–Crippen MR) is 100 cm³/mol. The maximum absolute atomic E-state index is 13.0. The van der Waals surface area contributed by atoms with Crippen LogP contribution < -0.4 is 5.32 Å². The van der Waals surface area contributed by atoms with Crippen LogP contribution in [0.15, 0.2) is 53.7 Å². The predicted octanol–water partition coefficient (Wildman–Crippen LogP) is 5.25. The Morgan fingerprint density at radius 3 is 2.56 bits per heavy atom. The van der Waals surface area contributed by atoms with Crippen molar-refractivity contribution in [1.29, 1.82) is 0 Å². The number of aromatic hydroxyl groups is 1. The van der Waals surface area contributed by atoms with E-state index >= 15 is 0 Å². The van der Waals surface area contributed by atoms with E-state index in [4.69, 9.17) is 11.6 Å². The molecule has 2 aromatic rings. The average Bonchev–Trinajstić information content (AvgIpc) is 2.52. The van der Waals surface area contributed by atoms with Gasteiger partial charge in [0.15, 0.2) is 5.78 Å². The third-order valence-corrected chi connectivity index (χ3v) is 5.30. The van der Waals surface area contributed by atoms with E-state index in [1.807, 2.05) is 30.3 Å². The van der Waals surface area contributed by atoms with Crippen LogP contribution in [0.2, 0.25) is 5.02 Å². The fourth-order valence-electron chi connectivity index (χ4n) is 4.00. The Morgan fingerprint density at radius 2 is 1.84 bits per heavy atom. The van der Waals surface area contributed by atoms with Crippen LogP contribution in [0.3, 0.4) is 0 Å². The number of benzene rings is 2. The molecule has 2 aliphatic rings. The van der Waals surface area contributed by atoms with E-state index < -0.39 is 0 Å². The molecule has 0 amide bonds. The van der Waals surface area contributed by atoms with Crippen LogP contribution in [0.1, 0.15) is 43.7 Å². The Labute approximate surface area is 152 Å². The zero-order valence-corrected chi connectivity index (χ0v) is 15.0. The topological polar surface area (TPSA) is 49.3 Å². The number of nitrogens with one attached hydrogen (secondary N) is 1. The van der Waals surface area contributed by atoms with Crippen LogP contribution in [-0.4, -0.2) is 10.9 Å². The molecule has 1 atom stereocenters. The lowest BCUT2D eigenvalue weighted by molar-refractivity contribution is -0.118. The summed E-state index contributed by atoms with van der Waals surface area (Å²) in [6, 6.07) is 13.0. The highest BCUT2D eigenvalue weighted by molar-refractivity contribution is 6.30. The van der Waals surface area contributed by atoms with Gasteiger partial charge in [0.25, 0.3) is 0 Å². The number of phenolic OH excluding ortho intramolecular Hbond substituents is 1. The van der Waals surface area contributed by atoms with Gasteiger partial charge in [-0.2, -0.15) is 0 Å². The first-order valence-electron chi connectivity index (χ1n) is 8.46. The maximum atomic E-state index is 13.0. The highest BCUT2D eigenvalue weighted by Gasteiger charge is 2.40. The molecular weight excluding hydrogens is 334 g/mol. The van der Waals surface area contributed by atoms with Crippen LogP contribution in [0.25, 0.3) is 0 Å². The molecule has 1 aliphatic heterocycles. The summed E-state index contributed by atoms with van der Waals surface area (Å²) in [6.07, 6.45) is 1.36. The summed E-state index contributed by atoms with van der Waals surface area (Å²) in [7, 11) is 0. The summed E-state index contributed by atoms with van der Waals surface area (Å²) in [5.41, 5.74) is 4.66. The van der Waals surface area contributed by atoms with Crippen LogP contribution in [0, 0.1) is 5.41 Å². The Kier molecular flexibility index (Phi) is 3.66. The molecule has 0 saturated heterocycles. The van der Waals surface area contributed by atoms with E-state index in [1.165, 1.54) is 0 Å². The van der Waals surface area contributed by atoms with Crippen molar-refractivity contribution < 1.29 is 9.90 Å². The Hall–Kier alpha value is -2.26. The van der Waals surface area contributed by atoms with Crippen molar-refractivity contribution >= 4 is 23.1 Å². The zero-order chi connectivity index (χ0) is 17.8. The zero-order valence-electron chi connectivity index (χ0n) is 14.3. The van der Waals surface area contributed by atoms with Gasteiger partial charge >= 0.3 is 0 Å². The fourth-order valence-corrected chi connectivity index (χ4v) is 4.13. The molecule has 0 unspecified atom stereocenters. The minimum atomic E-state index is -0.132. The number of allylic oxidation sites excluding steroid dienone is 2. The number of carbonyl (C=O) groups is 1. The molecule has 0 aromatic heterocycles. The third-order valence-electron chi connectivity index (χ3n) is 5.05. The number of halogens is 1. The molecule has 0 fully saturated rings. The quantitative estimate of drug-likeness (QED) is 0.736. The van der Waals surface area contributed by atoms with E-state index in [0.717, 1.165) is 34.5 Å². The van der Waals surface area contributed by atoms with E-state index in [2.05, 4.69) is 19.2 Å². The SMILES string of the molecule is CC1(C)CC(=O)C2=C(C1)Nc1cc(O)ccc1[C@H]2c1ccc(Cl)cc1. The summed E-state index contributed by atoms with van der Waals surface area (Å²) in [4.78, 5) is 13.0. The number of rotatable bonds is 1. The highest BCUT2D eigenvalue weighted by atomic mass is 35.5. The van der Waals surface area contributed by atoms with Crippen LogP contribution in [0.4, 0.5) is 5.69 Å². The number of hydrogen-bond acceptors (Lipinski definition) is 3. The smallest absolute Gasteiger partial charge is 0.162 e. The van der Waals surface area contributed by atoms with E-state index in [1.54, 1.807) is 12.1 Å². The minimum absolute atomic E-state index is 0.0677. The Morgan fingerprint density at radius 1 is 1.12 bits per heavy atom. The van der Waals surface area contributed by atoms with Gasteiger partial charge in [0.2, 0.25) is 0 Å². The summed E-state index contributed by atoms with van der Waals surface area (Å²) >= 11 is 6.05. The van der Waals surface area contributed by atoms with Crippen molar-refractivity contribution in [3.63, 3.8) is 0 Å². The van der Waals surface area contributed by atoms with Gasteiger partial charge in [0, 0.05) is 40.4 Å². The van der Waals surface area contributed by atoms with Crippen molar-refractivity contribution in [1.82, 2.24) is 0 Å². The fraction of sp³-hybridized carbons (Fsp3) is 0.286. The molecule has 2 aromatic carbocycles. The van der Waals surface area contributed by atoms with E-state index in [-0.39, 0.29) is 22.9 Å². The van der Waals surface area contributed by atoms with E-state index in [0.29, 0.717) is 11.4 Å². The highest BCUT2D eigenvalue weighted by Crippen LogP contribution is 2.49. The van der Waals surface area contributed by atoms with E-state index in [9.17, 15) is 9.90 Å². The molecule has 3 nitrogen and oxygen atoms in total. The van der Waals surface area contributed by atoms with Crippen LogP contribution in [-0.2, 0) is 4.79 Å². The van der Waals surface area contributed by atoms with Crippen molar-refractivity contribution in [3.8, 4) is 5.75 Å². The summed E-state index contributed by atoms with van der Waals surface area (Å²) in [6.45, 7) is 4.23. The first-order chi connectivity index (χ1) is 11.8. The summed E-state index contributed by atoms with van der Waals surface area (Å²) < 4.78 is 0. The average molecular weight is 354 g/mol. The molecule has 1 aliphatic carbocycles. The Bertz CT molecular complexity index is 897. The second kappa shape index (κ2) is 5.63. The number of hydrogen-bond donors (Lipinski definition) is 2. The number of phenols is 1. The molecule has 0 saturated carbocycles. The lowest BCUT2D eigenvalue weighted by Crippen LogP contribution is -2.33. The first-order valence-corrected chi connectivity index (χ1v) is 8.83. The largest absolute Gasteiger partial charge is 0.508 e. The number of carbonyl (C=O) groups excluding carboxylic acids is 1. The molecule has 128 valence electrons. The van der Waals surface area contributed by atoms with Crippen molar-refractivity contribution in [2.24, 2.45) is 5.41 Å². The maximum Gasteiger partial charge on any atom is 0.162 e. The first kappa shape index (κ1) is 16.2. The van der Waals surface area contributed by atoms with Gasteiger partial charge in [-0.1, -0.05) is 43.6 Å². The third kappa shape index (κ3) is 2.83. The number of Topliss-reactive ketones (excluding diaryl/α,β-unsaturated/α-hetero) is 1. The Balaban J connectivity index is 1.93. The molecular formula is C21H20ClNO2. The molecule has 4 rings (SSSR count). The van der Waals surface area contributed by atoms with Gasteiger partial charge in [-0.15, -0.1) is 0 Å². The van der Waals surface area contributed by atoms with Crippen molar-refractivity contribution in [2.45, 2.75) is 32.6 Å². The minimum Gasteiger partial charge on any atom is -0.508 e. The lowest BCUT2D eigenvalue weighted by Gasteiger charge is -2.39. The summed E-state index contributed by atoms with van der Waals surface area (Å²) in [5.74, 6) is 0.275. The molecule has 1 heterocycles. The van der Waals surface area contributed by atoms with Gasteiger partial charge in [-0.05, 0) is 41.2 Å². The molecule has 0 spiro atoms. The number of fused-ring (bicyclic) bond motifs is 1. The van der Waals surface area contributed by atoms with Gasteiger partial charge in [-0.3, -0.25) is 4.79 Å². The van der Waals surface area contributed by atoms with Crippen molar-refractivity contribution in [2.75, 3.05) is 5.32 Å². The number of anilines is 1. The second-order valence-corrected chi connectivity index (χ2v) is 8.15.